The van der Waals surface area contributed by atoms with Crippen LogP contribution in [0.5, 0.6) is 17.2 Å². The summed E-state index contributed by atoms with van der Waals surface area (Å²) >= 11 is 0. The minimum absolute atomic E-state index is 0.273. The van der Waals surface area contributed by atoms with Gasteiger partial charge in [0.2, 0.25) is 0 Å². The molecule has 0 heterocycles. The van der Waals surface area contributed by atoms with Gasteiger partial charge in [-0.3, -0.25) is 0 Å². The molecule has 0 amide bonds. The molecule has 0 fully saturated rings. The van der Waals surface area contributed by atoms with Gasteiger partial charge in [0.1, 0.15) is 17.4 Å². The van der Waals surface area contributed by atoms with Crippen molar-refractivity contribution in [2.45, 2.75) is 19.5 Å². The van der Waals surface area contributed by atoms with Crippen LogP contribution in [0, 0.1) is 11.6 Å². The van der Waals surface area contributed by atoms with E-state index in [9.17, 15) is 8.78 Å². The van der Waals surface area contributed by atoms with Gasteiger partial charge in [-0.25, -0.2) is 8.78 Å². The number of nitrogens with one attached hydrogen (secondary N) is 1. The van der Waals surface area contributed by atoms with Crippen molar-refractivity contribution < 1.29 is 23.0 Å². The molecular weight excluding hydrogens is 316 g/mol. The molecule has 0 saturated carbocycles. The Bertz CT molecular complexity index is 707. The first-order chi connectivity index (χ1) is 11.5. The van der Waals surface area contributed by atoms with E-state index < -0.39 is 11.6 Å². The average Bonchev–Trinajstić information content (AvgIpc) is 2.60. The summed E-state index contributed by atoms with van der Waals surface area (Å²) in [6.45, 7) is 2.16. The normalized spacial score (nSPS) is 11.9. The van der Waals surface area contributed by atoms with E-state index in [0.717, 1.165) is 17.7 Å². The molecule has 0 aliphatic carbocycles. The second-order valence-corrected chi connectivity index (χ2v) is 5.29. The number of ether oxygens (including phenoxy) is 3. The zero-order valence-electron chi connectivity index (χ0n) is 14.2. The topological polar surface area (TPSA) is 39.7 Å². The van der Waals surface area contributed by atoms with Crippen LogP contribution in [0.25, 0.3) is 0 Å². The smallest absolute Gasteiger partial charge is 0.164 e. The van der Waals surface area contributed by atoms with E-state index in [1.54, 1.807) is 40.4 Å². The SMILES string of the molecule is COc1cc(OC)c(OC)cc1CN[C@@H](C)c1cc(F)ccc1F. The van der Waals surface area contributed by atoms with Crippen molar-refractivity contribution in [3.05, 3.63) is 53.1 Å². The van der Waals surface area contributed by atoms with E-state index in [1.807, 2.05) is 0 Å². The number of benzene rings is 2. The maximum atomic E-state index is 13.8. The second-order valence-electron chi connectivity index (χ2n) is 5.29. The number of halogens is 2. The van der Waals surface area contributed by atoms with Crippen molar-refractivity contribution >= 4 is 0 Å². The van der Waals surface area contributed by atoms with Crippen molar-refractivity contribution in [3.8, 4) is 17.2 Å². The van der Waals surface area contributed by atoms with E-state index in [0.29, 0.717) is 23.8 Å². The monoisotopic (exact) mass is 337 g/mol. The Morgan fingerprint density at radius 2 is 1.54 bits per heavy atom. The molecule has 24 heavy (non-hydrogen) atoms. The summed E-state index contributed by atoms with van der Waals surface area (Å²) in [4.78, 5) is 0. The summed E-state index contributed by atoms with van der Waals surface area (Å²) in [5.41, 5.74) is 1.09. The summed E-state index contributed by atoms with van der Waals surface area (Å²) in [5.74, 6) is 0.827. The third-order valence-corrected chi connectivity index (χ3v) is 3.81. The van der Waals surface area contributed by atoms with Gasteiger partial charge in [-0.05, 0) is 31.2 Å². The molecule has 6 heteroatoms. The van der Waals surface area contributed by atoms with Crippen molar-refractivity contribution in [1.82, 2.24) is 5.32 Å². The summed E-state index contributed by atoms with van der Waals surface area (Å²) in [7, 11) is 4.65. The molecule has 0 spiro atoms. The van der Waals surface area contributed by atoms with Crippen molar-refractivity contribution in [1.29, 1.82) is 0 Å². The van der Waals surface area contributed by atoms with Crippen LogP contribution in [0.1, 0.15) is 24.1 Å². The zero-order valence-corrected chi connectivity index (χ0v) is 14.2. The van der Waals surface area contributed by atoms with E-state index in [-0.39, 0.29) is 11.6 Å². The summed E-state index contributed by atoms with van der Waals surface area (Å²) in [6, 6.07) is 6.56. The Morgan fingerprint density at radius 3 is 2.17 bits per heavy atom. The molecule has 1 atom stereocenters. The molecule has 1 N–H and O–H groups in total. The van der Waals surface area contributed by atoms with E-state index in [2.05, 4.69) is 5.32 Å². The van der Waals surface area contributed by atoms with Crippen molar-refractivity contribution in [3.63, 3.8) is 0 Å². The van der Waals surface area contributed by atoms with Gasteiger partial charge in [0.05, 0.1) is 21.3 Å². The molecular formula is C18H21F2NO3. The predicted molar refractivity (Wildman–Crippen MR) is 87.7 cm³/mol. The molecule has 0 aromatic heterocycles. The highest BCUT2D eigenvalue weighted by Gasteiger charge is 2.15. The molecule has 0 aliphatic rings. The Hall–Kier alpha value is -2.34. The number of methoxy groups -OCH3 is 3. The Labute approximate surface area is 140 Å². The molecule has 0 unspecified atom stereocenters. The lowest BCUT2D eigenvalue weighted by atomic mass is 10.1. The van der Waals surface area contributed by atoms with E-state index >= 15 is 0 Å². The number of hydrogen-bond donors (Lipinski definition) is 1. The van der Waals surface area contributed by atoms with Gasteiger partial charge >= 0.3 is 0 Å². The predicted octanol–water partition coefficient (Wildman–Crippen LogP) is 3.84. The highest BCUT2D eigenvalue weighted by Crippen LogP contribution is 2.34. The lowest BCUT2D eigenvalue weighted by Crippen LogP contribution is -2.19. The molecule has 4 nitrogen and oxygen atoms in total. The first-order valence-electron chi connectivity index (χ1n) is 7.47. The highest BCUT2D eigenvalue weighted by atomic mass is 19.1. The molecule has 130 valence electrons. The Balaban J connectivity index is 2.20. The average molecular weight is 337 g/mol. The first-order valence-corrected chi connectivity index (χ1v) is 7.47. The van der Waals surface area contributed by atoms with Gasteiger partial charge in [-0.2, -0.15) is 0 Å². The largest absolute Gasteiger partial charge is 0.496 e. The number of hydrogen-bond acceptors (Lipinski definition) is 4. The third kappa shape index (κ3) is 3.94. The lowest BCUT2D eigenvalue weighted by Gasteiger charge is -2.18. The van der Waals surface area contributed by atoms with Gasteiger partial charge in [0, 0.05) is 29.8 Å². The molecule has 2 rings (SSSR count). The van der Waals surface area contributed by atoms with Crippen LogP contribution in [0.3, 0.4) is 0 Å². The van der Waals surface area contributed by atoms with Gasteiger partial charge in [-0.1, -0.05) is 0 Å². The van der Waals surface area contributed by atoms with Crippen molar-refractivity contribution in [2.24, 2.45) is 0 Å². The fraction of sp³-hybridized carbons (Fsp3) is 0.333. The molecule has 0 radical (unpaired) electrons. The number of rotatable bonds is 7. The summed E-state index contributed by atoms with van der Waals surface area (Å²) in [5, 5.41) is 3.16. The standard InChI is InChI=1S/C18H21F2NO3/c1-11(14-8-13(19)5-6-15(14)20)21-10-12-7-17(23-3)18(24-4)9-16(12)22-2/h5-9,11,21H,10H2,1-4H3/t11-/m0/s1. The maximum Gasteiger partial charge on any atom is 0.164 e. The van der Waals surface area contributed by atoms with Crippen molar-refractivity contribution in [2.75, 3.05) is 21.3 Å². The van der Waals surface area contributed by atoms with Gasteiger partial charge in [0.25, 0.3) is 0 Å². The Morgan fingerprint density at radius 1 is 0.917 bits per heavy atom. The first kappa shape index (κ1) is 18.0. The molecule has 2 aromatic carbocycles. The maximum absolute atomic E-state index is 13.8. The van der Waals surface area contributed by atoms with Crippen LogP contribution in [0.15, 0.2) is 30.3 Å². The third-order valence-electron chi connectivity index (χ3n) is 3.81. The minimum Gasteiger partial charge on any atom is -0.496 e. The van der Waals surface area contributed by atoms with Crippen LogP contribution >= 0.6 is 0 Å². The van der Waals surface area contributed by atoms with Crippen LogP contribution < -0.4 is 19.5 Å². The fourth-order valence-corrected chi connectivity index (χ4v) is 2.45. The minimum atomic E-state index is -0.469. The van der Waals surface area contributed by atoms with Crippen LogP contribution in [0.2, 0.25) is 0 Å². The van der Waals surface area contributed by atoms with Gasteiger partial charge < -0.3 is 19.5 Å². The van der Waals surface area contributed by atoms with Crippen LogP contribution in [-0.2, 0) is 6.54 Å². The molecule has 0 aliphatic heterocycles. The van der Waals surface area contributed by atoms with Crippen LogP contribution in [0.4, 0.5) is 8.78 Å². The summed E-state index contributed by atoms with van der Waals surface area (Å²) in [6.07, 6.45) is 0. The van der Waals surface area contributed by atoms with Gasteiger partial charge in [0.15, 0.2) is 11.5 Å². The highest BCUT2D eigenvalue weighted by molar-refractivity contribution is 5.50. The fourth-order valence-electron chi connectivity index (χ4n) is 2.45. The second kappa shape index (κ2) is 7.97. The Kier molecular flexibility index (Phi) is 5.98. The molecule has 0 bridgehead atoms. The van der Waals surface area contributed by atoms with Gasteiger partial charge in [-0.15, -0.1) is 0 Å². The quantitative estimate of drug-likeness (QED) is 0.833. The lowest BCUT2D eigenvalue weighted by molar-refractivity contribution is 0.346. The van der Waals surface area contributed by atoms with E-state index in [1.165, 1.54) is 6.07 Å². The van der Waals surface area contributed by atoms with E-state index in [4.69, 9.17) is 14.2 Å². The summed E-state index contributed by atoms with van der Waals surface area (Å²) < 4.78 is 43.1. The molecule has 0 saturated heterocycles. The molecule has 2 aromatic rings. The zero-order chi connectivity index (χ0) is 17.7. The van der Waals surface area contributed by atoms with Crippen LogP contribution in [-0.4, -0.2) is 21.3 Å².